The maximum absolute atomic E-state index is 13.3. The lowest BCUT2D eigenvalue weighted by atomic mass is 10.1. The fourth-order valence-corrected chi connectivity index (χ4v) is 2.23. The fourth-order valence-electron chi connectivity index (χ4n) is 2.00. The highest BCUT2D eigenvalue weighted by Gasteiger charge is 2.18. The van der Waals surface area contributed by atoms with Gasteiger partial charge in [0.15, 0.2) is 0 Å². The van der Waals surface area contributed by atoms with Crippen molar-refractivity contribution in [2.45, 2.75) is 12.3 Å². The van der Waals surface area contributed by atoms with E-state index < -0.39 is 5.38 Å². The number of nitrogens with zero attached hydrogens (tertiary/aromatic N) is 2. The lowest BCUT2D eigenvalue weighted by Crippen LogP contribution is -1.92. The van der Waals surface area contributed by atoms with Crippen LogP contribution in [0.1, 0.15) is 22.4 Å². The van der Waals surface area contributed by atoms with Crippen molar-refractivity contribution < 1.29 is 8.81 Å². The van der Waals surface area contributed by atoms with E-state index in [1.807, 2.05) is 30.3 Å². The first kappa shape index (κ1) is 13.8. The van der Waals surface area contributed by atoms with Gasteiger partial charge in [0.25, 0.3) is 0 Å². The first-order valence-electron chi connectivity index (χ1n) is 6.44. The zero-order chi connectivity index (χ0) is 14.8. The summed E-state index contributed by atoms with van der Waals surface area (Å²) in [7, 11) is 0. The molecular formula is C16H12ClFN2O. The Hall–Kier alpha value is -2.20. The van der Waals surface area contributed by atoms with Gasteiger partial charge in [-0.1, -0.05) is 30.3 Å². The summed E-state index contributed by atoms with van der Waals surface area (Å²) in [6, 6.07) is 14.1. The molecule has 0 radical (unpaired) electrons. The van der Waals surface area contributed by atoms with Crippen molar-refractivity contribution in [1.82, 2.24) is 10.2 Å². The van der Waals surface area contributed by atoms with Crippen molar-refractivity contribution in [2.75, 3.05) is 0 Å². The highest BCUT2D eigenvalue weighted by Crippen LogP contribution is 2.30. The van der Waals surface area contributed by atoms with Crippen LogP contribution in [-0.2, 0) is 0 Å². The molecule has 0 spiro atoms. The molecule has 0 amide bonds. The van der Waals surface area contributed by atoms with Gasteiger partial charge in [-0.3, -0.25) is 0 Å². The van der Waals surface area contributed by atoms with Gasteiger partial charge in [0.2, 0.25) is 11.8 Å². The van der Waals surface area contributed by atoms with E-state index >= 15 is 0 Å². The van der Waals surface area contributed by atoms with Gasteiger partial charge in [-0.2, -0.15) is 0 Å². The molecular weight excluding hydrogens is 291 g/mol. The molecule has 1 heterocycles. The Morgan fingerprint density at radius 1 is 1.10 bits per heavy atom. The molecule has 0 N–H and O–H groups in total. The first-order valence-corrected chi connectivity index (χ1v) is 6.88. The molecule has 2 aromatic carbocycles. The Kier molecular flexibility index (Phi) is 3.71. The summed E-state index contributed by atoms with van der Waals surface area (Å²) in [6.07, 6.45) is 0. The van der Waals surface area contributed by atoms with Crippen LogP contribution in [0.15, 0.2) is 52.9 Å². The third kappa shape index (κ3) is 2.81. The summed E-state index contributed by atoms with van der Waals surface area (Å²) in [5.74, 6) is 0.382. The molecule has 3 rings (SSSR count). The van der Waals surface area contributed by atoms with E-state index in [4.69, 9.17) is 16.0 Å². The van der Waals surface area contributed by atoms with Crippen LogP contribution in [0.25, 0.3) is 11.5 Å². The molecule has 21 heavy (non-hydrogen) atoms. The summed E-state index contributed by atoms with van der Waals surface area (Å²) in [5.41, 5.74) is 2.08. The average molecular weight is 303 g/mol. The number of benzene rings is 2. The van der Waals surface area contributed by atoms with Crippen molar-refractivity contribution in [3.8, 4) is 11.5 Å². The van der Waals surface area contributed by atoms with Crippen LogP contribution in [0.5, 0.6) is 0 Å². The van der Waals surface area contributed by atoms with E-state index in [9.17, 15) is 4.39 Å². The Bertz CT molecular complexity index is 758. The normalized spacial score (nSPS) is 12.3. The predicted octanol–water partition coefficient (Wildman–Crippen LogP) is 4.51. The molecule has 0 fully saturated rings. The van der Waals surface area contributed by atoms with Crippen LogP contribution in [0.2, 0.25) is 0 Å². The maximum atomic E-state index is 13.3. The fraction of sp³-hybridized carbons (Fsp3) is 0.125. The van der Waals surface area contributed by atoms with Crippen LogP contribution in [0, 0.1) is 12.7 Å². The van der Waals surface area contributed by atoms with Gasteiger partial charge in [0.1, 0.15) is 11.2 Å². The highest BCUT2D eigenvalue weighted by molar-refractivity contribution is 6.22. The predicted molar refractivity (Wildman–Crippen MR) is 78.6 cm³/mol. The third-order valence-corrected chi connectivity index (χ3v) is 3.59. The maximum Gasteiger partial charge on any atom is 0.247 e. The van der Waals surface area contributed by atoms with Crippen LogP contribution < -0.4 is 0 Å². The topological polar surface area (TPSA) is 38.9 Å². The number of aromatic nitrogens is 2. The molecule has 3 nitrogen and oxygen atoms in total. The third-order valence-electron chi connectivity index (χ3n) is 3.15. The smallest absolute Gasteiger partial charge is 0.247 e. The number of halogens is 2. The minimum absolute atomic E-state index is 0.266. The Labute approximate surface area is 126 Å². The van der Waals surface area contributed by atoms with Crippen LogP contribution >= 0.6 is 11.6 Å². The van der Waals surface area contributed by atoms with E-state index in [1.54, 1.807) is 19.1 Å². The van der Waals surface area contributed by atoms with Gasteiger partial charge in [-0.05, 0) is 36.2 Å². The summed E-state index contributed by atoms with van der Waals surface area (Å²) in [6.45, 7) is 1.68. The SMILES string of the molecule is Cc1cc(-c2nnc(C(Cl)c3ccccc3)o2)ccc1F. The second-order valence-electron chi connectivity index (χ2n) is 4.68. The summed E-state index contributed by atoms with van der Waals surface area (Å²) < 4.78 is 18.9. The summed E-state index contributed by atoms with van der Waals surface area (Å²) in [4.78, 5) is 0. The van der Waals surface area contributed by atoms with Crippen molar-refractivity contribution in [3.05, 3.63) is 71.4 Å². The monoisotopic (exact) mass is 302 g/mol. The minimum atomic E-state index is -0.506. The van der Waals surface area contributed by atoms with Crippen LogP contribution in [0.3, 0.4) is 0 Å². The van der Waals surface area contributed by atoms with E-state index in [-0.39, 0.29) is 5.82 Å². The molecule has 1 unspecified atom stereocenters. The minimum Gasteiger partial charge on any atom is -0.419 e. The Morgan fingerprint density at radius 3 is 2.57 bits per heavy atom. The van der Waals surface area contributed by atoms with E-state index in [2.05, 4.69) is 10.2 Å². The van der Waals surface area contributed by atoms with E-state index in [1.165, 1.54) is 6.07 Å². The summed E-state index contributed by atoms with van der Waals surface area (Å²) >= 11 is 6.33. The highest BCUT2D eigenvalue weighted by atomic mass is 35.5. The van der Waals surface area contributed by atoms with Crippen molar-refractivity contribution >= 4 is 11.6 Å². The molecule has 0 saturated heterocycles. The molecule has 0 bridgehead atoms. The van der Waals surface area contributed by atoms with E-state index in [0.29, 0.717) is 22.9 Å². The quantitative estimate of drug-likeness (QED) is 0.668. The molecule has 0 saturated carbocycles. The Morgan fingerprint density at radius 2 is 1.86 bits per heavy atom. The van der Waals surface area contributed by atoms with Crippen molar-refractivity contribution in [3.63, 3.8) is 0 Å². The van der Waals surface area contributed by atoms with Gasteiger partial charge in [0.05, 0.1) is 0 Å². The van der Waals surface area contributed by atoms with Crippen molar-refractivity contribution in [2.24, 2.45) is 0 Å². The number of hydrogen-bond acceptors (Lipinski definition) is 3. The number of alkyl halides is 1. The zero-order valence-electron chi connectivity index (χ0n) is 11.3. The molecule has 0 aliphatic carbocycles. The number of rotatable bonds is 3. The molecule has 106 valence electrons. The average Bonchev–Trinajstić information content (AvgIpc) is 3.00. The molecule has 1 atom stereocenters. The Balaban J connectivity index is 1.91. The van der Waals surface area contributed by atoms with Gasteiger partial charge < -0.3 is 4.42 Å². The number of hydrogen-bond donors (Lipinski definition) is 0. The molecule has 3 aromatic rings. The van der Waals surface area contributed by atoms with Gasteiger partial charge in [0, 0.05) is 5.56 Å². The van der Waals surface area contributed by atoms with Crippen LogP contribution in [0.4, 0.5) is 4.39 Å². The molecule has 1 aromatic heterocycles. The molecule has 0 aliphatic heterocycles. The van der Waals surface area contributed by atoms with E-state index in [0.717, 1.165) is 5.56 Å². The van der Waals surface area contributed by atoms with Crippen LogP contribution in [-0.4, -0.2) is 10.2 Å². The van der Waals surface area contributed by atoms with Crippen molar-refractivity contribution in [1.29, 1.82) is 0 Å². The second-order valence-corrected chi connectivity index (χ2v) is 5.12. The largest absolute Gasteiger partial charge is 0.419 e. The molecule has 0 aliphatic rings. The first-order chi connectivity index (χ1) is 10.1. The lowest BCUT2D eigenvalue weighted by Gasteiger charge is -2.04. The second kappa shape index (κ2) is 5.66. The number of aryl methyl sites for hydroxylation is 1. The molecule has 5 heteroatoms. The van der Waals surface area contributed by atoms with Gasteiger partial charge >= 0.3 is 0 Å². The van der Waals surface area contributed by atoms with Gasteiger partial charge in [-0.25, -0.2) is 4.39 Å². The lowest BCUT2D eigenvalue weighted by molar-refractivity contribution is 0.513. The zero-order valence-corrected chi connectivity index (χ0v) is 12.0. The summed E-state index contributed by atoms with van der Waals surface area (Å²) in [5, 5.41) is 7.45. The standard InChI is InChI=1S/C16H12ClFN2O/c1-10-9-12(7-8-13(10)18)15-19-20-16(21-15)14(17)11-5-3-2-4-6-11/h2-9,14H,1H3. The van der Waals surface area contributed by atoms with Gasteiger partial charge in [-0.15, -0.1) is 21.8 Å².